The maximum Gasteiger partial charge on any atom is 0.488 e. The van der Waals surface area contributed by atoms with Crippen LogP contribution < -0.4 is 21.3 Å². The summed E-state index contributed by atoms with van der Waals surface area (Å²) in [5.41, 5.74) is 6.86. The molecule has 17 heteroatoms. The molecule has 4 aromatic rings. The highest BCUT2D eigenvalue weighted by Gasteiger charge is 2.47. The molecule has 440 valence electrons. The molecule has 0 aliphatic carbocycles. The van der Waals surface area contributed by atoms with Crippen molar-refractivity contribution in [3.05, 3.63) is 214 Å². The molecule has 0 radical (unpaired) electrons. The Morgan fingerprint density at radius 2 is 0.568 bits per heavy atom. The number of para-hydroxylation sites is 4. The van der Waals surface area contributed by atoms with Crippen LogP contribution in [0.3, 0.4) is 0 Å². The zero-order chi connectivity index (χ0) is 59.5. The third-order valence-corrected chi connectivity index (χ3v) is 15.5. The third kappa shape index (κ3) is 26.6. The monoisotopic (exact) mass is 1160 g/mol. The number of nitrogens with one attached hydrogen (secondary N) is 4. The zero-order valence-corrected chi connectivity index (χ0v) is 50.9. The number of hydrogen-bond donors (Lipinski definition) is 4. The van der Waals surface area contributed by atoms with E-state index in [1.165, 1.54) is 72.8 Å². The van der Waals surface area contributed by atoms with Gasteiger partial charge in [0, 0.05) is 0 Å². The first-order valence-corrected chi connectivity index (χ1v) is 30.2. The van der Waals surface area contributed by atoms with Gasteiger partial charge in [-0.05, 0) is 207 Å². The minimum atomic E-state index is -5.63. The Bertz CT molecular complexity index is 2620. The van der Waals surface area contributed by atoms with Gasteiger partial charge in [-0.2, -0.15) is 4.31 Å². The van der Waals surface area contributed by atoms with Crippen LogP contribution >= 0.6 is 15.6 Å². The highest BCUT2D eigenvalue weighted by atomic mass is 31.3. The van der Waals surface area contributed by atoms with Crippen molar-refractivity contribution in [2.24, 2.45) is 0 Å². The molecule has 0 spiro atoms. The second kappa shape index (κ2) is 34.4. The van der Waals surface area contributed by atoms with E-state index < -0.39 is 63.8 Å². The Morgan fingerprint density at radius 1 is 0.370 bits per heavy atom. The summed E-state index contributed by atoms with van der Waals surface area (Å²) in [6.07, 6.45) is 12.5. The lowest BCUT2D eigenvalue weighted by Gasteiger charge is -2.32. The van der Waals surface area contributed by atoms with Crippen molar-refractivity contribution in [2.45, 2.75) is 159 Å². The van der Waals surface area contributed by atoms with Gasteiger partial charge in [-0.1, -0.05) is 117 Å². The summed E-state index contributed by atoms with van der Waals surface area (Å²) >= 11 is 0. The standard InChI is InChI=1S/C64H84F4N4O7P2/c1-45(2)25-21-29-49(9)41-61(69-57-37-17-13-33-53(57)65)75-80(73,76-62(42-50(10)30-22-26-46(3)4)70-58-38-18-14-34-54(58)66)79-81(74,77-63(43-51(11)31-23-27-47(5)6)71-59-39-19-15-35-55(59)67)78-64(44-52(12)32-24-28-48(7)8)72-60-40-20-16-36-56(60)68/h13-20,25-28,33-44,61-64,69-72H,21-24,29-32H2,1-12H3/b49-41+,50-42+,51-43+,52-44+. The number of phosphoric acid groups is 2. The number of hydrogen-bond acceptors (Lipinski definition) is 11. The maximum atomic E-state index is 16.5. The summed E-state index contributed by atoms with van der Waals surface area (Å²) in [5.74, 6) is -2.75. The summed E-state index contributed by atoms with van der Waals surface area (Å²) in [6, 6.07) is 23.0. The van der Waals surface area contributed by atoms with E-state index in [2.05, 4.69) is 21.3 Å². The lowest BCUT2D eigenvalue weighted by atomic mass is 10.1. The summed E-state index contributed by atoms with van der Waals surface area (Å²) in [5, 5.41) is 11.9. The van der Waals surface area contributed by atoms with Gasteiger partial charge in [-0.15, -0.1) is 0 Å². The van der Waals surface area contributed by atoms with E-state index in [4.69, 9.17) is 22.4 Å². The molecule has 0 saturated heterocycles. The van der Waals surface area contributed by atoms with E-state index in [1.54, 1.807) is 76.3 Å². The van der Waals surface area contributed by atoms with Gasteiger partial charge in [0.15, 0.2) is 24.9 Å². The summed E-state index contributed by atoms with van der Waals surface area (Å²) in [6.45, 7) is 23.0. The first-order chi connectivity index (χ1) is 38.4. The van der Waals surface area contributed by atoms with Gasteiger partial charge in [0.2, 0.25) is 0 Å². The molecule has 4 N–H and O–H groups in total. The van der Waals surface area contributed by atoms with Crippen LogP contribution in [0.5, 0.6) is 0 Å². The SMILES string of the molecule is CC(C)=CCC/C(C)=C/C(Nc1ccccc1F)OP(=O)(OC(/C=C(\C)CCC=C(C)C)Nc1ccccc1F)OP(=O)(OC(/C=C(\C)CCC=C(C)C)Nc1ccccc1F)OC(/C=C(\C)CCC=C(C)C)Nc1ccccc1F. The minimum absolute atomic E-state index is 0.0696. The highest BCUT2D eigenvalue weighted by Crippen LogP contribution is 2.68. The average Bonchev–Trinajstić information content (AvgIpc) is 3.36. The second-order valence-corrected chi connectivity index (χ2v) is 24.2. The molecule has 0 fully saturated rings. The molecule has 0 aliphatic heterocycles. The molecule has 0 saturated carbocycles. The van der Waals surface area contributed by atoms with Gasteiger partial charge in [-0.25, -0.2) is 26.7 Å². The summed E-state index contributed by atoms with van der Waals surface area (Å²) in [4.78, 5) is 0. The molecule has 11 nitrogen and oxygen atoms in total. The van der Waals surface area contributed by atoms with E-state index in [0.29, 0.717) is 73.7 Å². The number of halogens is 4. The Morgan fingerprint density at radius 3 is 0.753 bits per heavy atom. The molecular weight excluding hydrogens is 1070 g/mol. The van der Waals surface area contributed by atoms with Crippen LogP contribution in [0.1, 0.15) is 134 Å². The minimum Gasteiger partial charge on any atom is -0.354 e. The van der Waals surface area contributed by atoms with Gasteiger partial charge in [0.25, 0.3) is 0 Å². The van der Waals surface area contributed by atoms with Gasteiger partial charge in [0.05, 0.1) is 22.7 Å². The molecule has 4 unspecified atom stereocenters. The number of allylic oxidation sites excluding steroid dienone is 12. The zero-order valence-electron chi connectivity index (χ0n) is 49.1. The molecule has 4 aromatic carbocycles. The largest absolute Gasteiger partial charge is 0.488 e. The molecular formula is C64H84F4N4O7P2. The van der Waals surface area contributed by atoms with Crippen molar-refractivity contribution in [3.63, 3.8) is 0 Å². The quantitative estimate of drug-likeness (QED) is 0.0154. The highest BCUT2D eigenvalue weighted by molar-refractivity contribution is 7.62. The van der Waals surface area contributed by atoms with Crippen LogP contribution in [-0.2, 0) is 31.5 Å². The van der Waals surface area contributed by atoms with Crippen LogP contribution in [0, 0.1) is 23.3 Å². The Hall–Kier alpha value is -6.02. The fourth-order valence-corrected chi connectivity index (χ4v) is 11.1. The van der Waals surface area contributed by atoms with Crippen LogP contribution in [0.2, 0.25) is 0 Å². The van der Waals surface area contributed by atoms with Gasteiger partial charge in [-0.3, -0.25) is 18.1 Å². The molecule has 81 heavy (non-hydrogen) atoms. The molecule has 4 rings (SSSR count). The predicted octanol–water partition coefficient (Wildman–Crippen LogP) is 20.4. The fraction of sp³-hybridized carbons (Fsp3) is 0.375. The normalized spacial score (nSPS) is 15.2. The molecule has 4 atom stereocenters. The molecule has 0 aromatic heterocycles. The third-order valence-electron chi connectivity index (χ3n) is 12.0. The van der Waals surface area contributed by atoms with Crippen LogP contribution in [-0.4, -0.2) is 24.9 Å². The van der Waals surface area contributed by atoms with E-state index in [1.807, 2.05) is 79.7 Å². The first kappa shape index (κ1) is 67.5. The topological polar surface area (TPSA) is 128 Å². The van der Waals surface area contributed by atoms with Crippen LogP contribution in [0.4, 0.5) is 40.3 Å². The predicted molar refractivity (Wildman–Crippen MR) is 326 cm³/mol. The molecule has 0 amide bonds. The van der Waals surface area contributed by atoms with E-state index in [9.17, 15) is 0 Å². The Balaban J connectivity index is 2.10. The average molecular weight is 1160 g/mol. The lowest BCUT2D eigenvalue weighted by Crippen LogP contribution is -2.28. The van der Waals surface area contributed by atoms with Crippen molar-refractivity contribution >= 4 is 38.4 Å². The number of benzene rings is 4. The van der Waals surface area contributed by atoms with Gasteiger partial charge in [0.1, 0.15) is 23.3 Å². The molecule has 0 aliphatic rings. The maximum absolute atomic E-state index is 16.5. The van der Waals surface area contributed by atoms with Crippen molar-refractivity contribution in [2.75, 3.05) is 21.3 Å². The fourth-order valence-electron chi connectivity index (χ4n) is 7.85. The van der Waals surface area contributed by atoms with Gasteiger partial charge >= 0.3 is 15.6 Å². The van der Waals surface area contributed by atoms with Crippen LogP contribution in [0.25, 0.3) is 0 Å². The summed E-state index contributed by atoms with van der Waals surface area (Å²) < 4.78 is 128. The van der Waals surface area contributed by atoms with Crippen molar-refractivity contribution < 1.29 is 49.1 Å². The van der Waals surface area contributed by atoms with Crippen LogP contribution in [0.15, 0.2) is 190 Å². The van der Waals surface area contributed by atoms with Crippen molar-refractivity contribution in [1.29, 1.82) is 0 Å². The number of rotatable bonds is 34. The number of phosphoric ester groups is 2. The first-order valence-electron chi connectivity index (χ1n) is 27.3. The summed E-state index contributed by atoms with van der Waals surface area (Å²) in [7, 11) is -11.3. The lowest BCUT2D eigenvalue weighted by molar-refractivity contribution is 0.0822. The molecule has 0 heterocycles. The number of anilines is 4. The van der Waals surface area contributed by atoms with Gasteiger partial charge < -0.3 is 21.3 Å². The molecule has 0 bridgehead atoms. The Labute approximate surface area is 479 Å². The van der Waals surface area contributed by atoms with E-state index in [0.717, 1.165) is 22.3 Å². The second-order valence-electron chi connectivity index (χ2n) is 20.9. The van der Waals surface area contributed by atoms with E-state index in [-0.39, 0.29) is 22.7 Å². The van der Waals surface area contributed by atoms with Crippen molar-refractivity contribution in [1.82, 2.24) is 0 Å². The van der Waals surface area contributed by atoms with Crippen molar-refractivity contribution in [3.8, 4) is 0 Å². The van der Waals surface area contributed by atoms with E-state index >= 15 is 26.7 Å². The Kier molecular flexibility index (Phi) is 28.7. The smallest absolute Gasteiger partial charge is 0.354 e.